The van der Waals surface area contributed by atoms with Crippen LogP contribution < -0.4 is 0 Å². The van der Waals surface area contributed by atoms with Gasteiger partial charge in [-0.05, 0) is 103 Å². The molecule has 33 heavy (non-hydrogen) atoms. The van der Waals surface area contributed by atoms with E-state index in [0.29, 0.717) is 41.7 Å². The molecule has 5 rings (SSSR count). The summed E-state index contributed by atoms with van der Waals surface area (Å²) in [5.74, 6) is 3.03. The van der Waals surface area contributed by atoms with Gasteiger partial charge in [0.15, 0.2) is 5.78 Å². The van der Waals surface area contributed by atoms with Crippen molar-refractivity contribution in [3.05, 3.63) is 58.2 Å². The summed E-state index contributed by atoms with van der Waals surface area (Å²) in [5.41, 5.74) is 7.41. The third-order valence-electron chi connectivity index (χ3n) is 9.85. The molecule has 4 aliphatic rings. The summed E-state index contributed by atoms with van der Waals surface area (Å²) >= 11 is 0. The van der Waals surface area contributed by atoms with Crippen LogP contribution in [0.15, 0.2) is 47.1 Å². The SMILES string of the molecule is CCCC(C)c1ccc(C2CC3(C)C(C(C)=O)CCC3C3CCC4=CC(=O)CCC4=C23)cc1. The first kappa shape index (κ1) is 22.8. The summed E-state index contributed by atoms with van der Waals surface area (Å²) < 4.78 is 0. The molecule has 0 heterocycles. The average molecular weight is 445 g/mol. The van der Waals surface area contributed by atoms with Gasteiger partial charge in [-0.25, -0.2) is 0 Å². The Morgan fingerprint density at radius 3 is 2.55 bits per heavy atom. The highest BCUT2D eigenvalue weighted by Crippen LogP contribution is 2.65. The van der Waals surface area contributed by atoms with Gasteiger partial charge >= 0.3 is 0 Å². The monoisotopic (exact) mass is 444 g/mol. The van der Waals surface area contributed by atoms with Crippen molar-refractivity contribution in [3.8, 4) is 0 Å². The predicted molar refractivity (Wildman–Crippen MR) is 134 cm³/mol. The fourth-order valence-electron chi connectivity index (χ4n) is 8.28. The molecule has 0 bridgehead atoms. The number of benzene rings is 1. The zero-order chi connectivity index (χ0) is 23.3. The molecule has 0 aromatic heterocycles. The van der Waals surface area contributed by atoms with E-state index in [9.17, 15) is 9.59 Å². The number of allylic oxidation sites excluding steroid dienone is 4. The summed E-state index contributed by atoms with van der Waals surface area (Å²) in [6, 6.07) is 9.46. The first-order valence-electron chi connectivity index (χ1n) is 13.4. The van der Waals surface area contributed by atoms with Crippen molar-refractivity contribution >= 4 is 11.6 Å². The van der Waals surface area contributed by atoms with E-state index in [1.165, 1.54) is 41.5 Å². The van der Waals surface area contributed by atoms with Gasteiger partial charge in [0.05, 0.1) is 0 Å². The van der Waals surface area contributed by atoms with E-state index in [-0.39, 0.29) is 11.3 Å². The van der Waals surface area contributed by atoms with Gasteiger partial charge in [0.25, 0.3) is 0 Å². The molecular weight excluding hydrogens is 404 g/mol. The Hall–Kier alpha value is -1.96. The van der Waals surface area contributed by atoms with Gasteiger partial charge in [-0.3, -0.25) is 9.59 Å². The molecule has 0 aliphatic heterocycles. The fraction of sp³-hybridized carbons (Fsp3) is 0.613. The maximum Gasteiger partial charge on any atom is 0.156 e. The fourth-order valence-corrected chi connectivity index (χ4v) is 8.28. The Bertz CT molecular complexity index is 1010. The molecule has 6 atom stereocenters. The van der Waals surface area contributed by atoms with Crippen LogP contribution in [0.5, 0.6) is 0 Å². The Morgan fingerprint density at radius 1 is 1.09 bits per heavy atom. The molecule has 2 fully saturated rings. The summed E-state index contributed by atoms with van der Waals surface area (Å²) in [6.45, 7) is 8.84. The molecule has 6 unspecified atom stereocenters. The summed E-state index contributed by atoms with van der Waals surface area (Å²) in [7, 11) is 0. The standard InChI is InChI=1S/C31H40O2/c1-5-6-19(2)21-7-9-22(10-8-21)27-18-31(4)28(20(3)32)15-16-29(31)26-13-11-23-17-24(33)12-14-25(23)30(26)27/h7-10,17,19,26-29H,5-6,11-16,18H2,1-4H3. The number of hydrogen-bond donors (Lipinski definition) is 0. The summed E-state index contributed by atoms with van der Waals surface area (Å²) in [4.78, 5) is 24.9. The summed E-state index contributed by atoms with van der Waals surface area (Å²) in [6.07, 6.45) is 11.4. The van der Waals surface area contributed by atoms with Gasteiger partial charge in [0.1, 0.15) is 5.78 Å². The van der Waals surface area contributed by atoms with E-state index < -0.39 is 0 Å². The molecule has 2 heteroatoms. The van der Waals surface area contributed by atoms with Crippen LogP contribution in [-0.4, -0.2) is 11.6 Å². The van der Waals surface area contributed by atoms with Gasteiger partial charge in [-0.15, -0.1) is 0 Å². The first-order chi connectivity index (χ1) is 15.8. The molecule has 0 radical (unpaired) electrons. The van der Waals surface area contributed by atoms with E-state index in [4.69, 9.17) is 0 Å². The zero-order valence-corrected chi connectivity index (χ0v) is 21.0. The maximum atomic E-state index is 12.7. The quantitative estimate of drug-likeness (QED) is 0.466. The molecule has 176 valence electrons. The van der Waals surface area contributed by atoms with E-state index in [2.05, 4.69) is 45.0 Å². The average Bonchev–Trinajstić information content (AvgIpc) is 3.15. The Kier molecular flexibility index (Phi) is 6.00. The second-order valence-electron chi connectivity index (χ2n) is 11.7. The highest BCUT2D eigenvalue weighted by Gasteiger charge is 2.57. The van der Waals surface area contributed by atoms with Crippen LogP contribution in [0.25, 0.3) is 0 Å². The molecule has 2 saturated carbocycles. The van der Waals surface area contributed by atoms with Crippen LogP contribution in [0.4, 0.5) is 0 Å². The third-order valence-corrected chi connectivity index (χ3v) is 9.85. The molecule has 1 aromatic rings. The largest absolute Gasteiger partial charge is 0.300 e. The maximum absolute atomic E-state index is 12.7. The molecule has 0 N–H and O–H groups in total. The van der Waals surface area contributed by atoms with E-state index >= 15 is 0 Å². The second kappa shape index (κ2) is 8.67. The normalized spacial score (nSPS) is 34.3. The van der Waals surface area contributed by atoms with Crippen LogP contribution in [0.3, 0.4) is 0 Å². The molecule has 1 aromatic carbocycles. The number of hydrogen-bond acceptors (Lipinski definition) is 2. The van der Waals surface area contributed by atoms with Gasteiger partial charge in [-0.2, -0.15) is 0 Å². The van der Waals surface area contributed by atoms with Crippen molar-refractivity contribution in [2.75, 3.05) is 0 Å². The number of fused-ring (bicyclic) bond motifs is 4. The zero-order valence-electron chi connectivity index (χ0n) is 21.0. The lowest BCUT2D eigenvalue weighted by Crippen LogP contribution is -2.44. The molecule has 0 amide bonds. The van der Waals surface area contributed by atoms with Crippen LogP contribution in [0, 0.1) is 23.2 Å². The number of carbonyl (C=O) groups is 2. The van der Waals surface area contributed by atoms with Crippen molar-refractivity contribution < 1.29 is 9.59 Å². The second-order valence-corrected chi connectivity index (χ2v) is 11.7. The van der Waals surface area contributed by atoms with Gasteiger partial charge in [0.2, 0.25) is 0 Å². The Morgan fingerprint density at radius 2 is 1.85 bits per heavy atom. The van der Waals surface area contributed by atoms with Crippen molar-refractivity contribution in [1.29, 1.82) is 0 Å². The minimum atomic E-state index is 0.0884. The smallest absolute Gasteiger partial charge is 0.156 e. The lowest BCUT2D eigenvalue weighted by Gasteiger charge is -2.52. The lowest BCUT2D eigenvalue weighted by atomic mass is 9.51. The van der Waals surface area contributed by atoms with Crippen LogP contribution >= 0.6 is 0 Å². The van der Waals surface area contributed by atoms with Crippen molar-refractivity contribution in [1.82, 2.24) is 0 Å². The van der Waals surface area contributed by atoms with Crippen LogP contribution in [0.2, 0.25) is 0 Å². The van der Waals surface area contributed by atoms with E-state index in [0.717, 1.165) is 32.1 Å². The number of Topliss-reactive ketones (excluding diaryl/α,β-unsaturated/α-hetero) is 1. The van der Waals surface area contributed by atoms with Gasteiger partial charge in [-0.1, -0.05) is 57.0 Å². The van der Waals surface area contributed by atoms with Crippen molar-refractivity contribution in [2.24, 2.45) is 23.2 Å². The summed E-state index contributed by atoms with van der Waals surface area (Å²) in [5, 5.41) is 0. The minimum absolute atomic E-state index is 0.0884. The highest BCUT2D eigenvalue weighted by atomic mass is 16.1. The minimum Gasteiger partial charge on any atom is -0.300 e. The number of ketones is 2. The topological polar surface area (TPSA) is 34.1 Å². The van der Waals surface area contributed by atoms with Gasteiger partial charge < -0.3 is 0 Å². The third kappa shape index (κ3) is 3.78. The van der Waals surface area contributed by atoms with Crippen LogP contribution in [-0.2, 0) is 9.59 Å². The van der Waals surface area contributed by atoms with Gasteiger partial charge in [0, 0.05) is 18.3 Å². The first-order valence-corrected chi connectivity index (χ1v) is 13.4. The molecule has 4 aliphatic carbocycles. The molecule has 0 saturated heterocycles. The van der Waals surface area contributed by atoms with Crippen LogP contribution in [0.1, 0.15) is 108 Å². The Labute approximate surface area is 199 Å². The highest BCUT2D eigenvalue weighted by molar-refractivity contribution is 5.93. The molecule has 0 spiro atoms. The molecular formula is C31H40O2. The Balaban J connectivity index is 1.60. The van der Waals surface area contributed by atoms with E-state index in [1.54, 1.807) is 5.57 Å². The number of rotatable bonds is 5. The molecule has 2 nitrogen and oxygen atoms in total. The predicted octanol–water partition coefficient (Wildman–Crippen LogP) is 7.69. The number of carbonyl (C=O) groups excluding carboxylic acids is 2. The van der Waals surface area contributed by atoms with Crippen molar-refractivity contribution in [2.45, 2.75) is 97.3 Å². The van der Waals surface area contributed by atoms with E-state index in [1.807, 2.05) is 13.0 Å². The van der Waals surface area contributed by atoms with Crippen molar-refractivity contribution in [3.63, 3.8) is 0 Å². The lowest BCUT2D eigenvalue weighted by molar-refractivity contribution is -0.125.